The average molecular weight is 387 g/mol. The molecule has 0 bridgehead atoms. The highest BCUT2D eigenvalue weighted by Gasteiger charge is 2.48. The van der Waals surface area contributed by atoms with Crippen LogP contribution in [0.15, 0.2) is 84.5 Å². The number of hydrogen-bond acceptors (Lipinski definition) is 4. The van der Waals surface area contributed by atoms with Crippen LogP contribution in [0.2, 0.25) is 0 Å². The second-order valence-electron chi connectivity index (χ2n) is 7.13. The van der Waals surface area contributed by atoms with E-state index in [-0.39, 0.29) is 0 Å². The quantitative estimate of drug-likeness (QED) is 0.725. The van der Waals surface area contributed by atoms with E-state index in [0.29, 0.717) is 11.1 Å². The van der Waals surface area contributed by atoms with Gasteiger partial charge in [0.25, 0.3) is 0 Å². The Kier molecular flexibility index (Phi) is 4.81. The molecule has 0 saturated heterocycles. The zero-order chi connectivity index (χ0) is 21.1. The maximum Gasteiger partial charge on any atom is 0.179 e. The fourth-order valence-electron chi connectivity index (χ4n) is 3.95. The average Bonchev–Trinajstić information content (AvgIpc) is 2.95. The Morgan fingerprint density at radius 2 is 1.57 bits per heavy atom. The Morgan fingerprint density at radius 3 is 2.17 bits per heavy atom. The lowest BCUT2D eigenvalue weighted by molar-refractivity contribution is 0.414. The van der Waals surface area contributed by atoms with E-state index >= 15 is 0 Å². The number of nitrogens with zero attached hydrogens (tertiary/aromatic N) is 3. The summed E-state index contributed by atoms with van der Waals surface area (Å²) >= 11 is 0. The van der Waals surface area contributed by atoms with Crippen molar-refractivity contribution in [3.05, 3.63) is 101 Å². The smallest absolute Gasteiger partial charge is 0.179 e. The van der Waals surface area contributed by atoms with E-state index in [9.17, 15) is 10.5 Å². The van der Waals surface area contributed by atoms with Crippen molar-refractivity contribution in [2.24, 2.45) is 11.3 Å². The van der Waals surface area contributed by atoms with Gasteiger partial charge in [0, 0.05) is 5.92 Å². The van der Waals surface area contributed by atoms with Crippen LogP contribution in [0.1, 0.15) is 16.7 Å². The van der Waals surface area contributed by atoms with E-state index in [1.54, 1.807) is 19.2 Å². The molecule has 4 heteroatoms. The Labute approximate surface area is 175 Å². The van der Waals surface area contributed by atoms with Crippen molar-refractivity contribution in [3.8, 4) is 24.0 Å². The Bertz CT molecular complexity index is 1220. The van der Waals surface area contributed by atoms with Gasteiger partial charge in [-0.05, 0) is 52.1 Å². The lowest BCUT2D eigenvalue weighted by Gasteiger charge is -2.24. The summed E-state index contributed by atoms with van der Waals surface area (Å²) in [6, 6.07) is 21.4. The van der Waals surface area contributed by atoms with Crippen LogP contribution in [0.4, 0.5) is 0 Å². The summed E-state index contributed by atoms with van der Waals surface area (Å²) in [5, 5.41) is 29.3. The van der Waals surface area contributed by atoms with Gasteiger partial charge in [0.2, 0.25) is 0 Å². The minimum absolute atomic E-state index is 0.398. The molecule has 142 valence electrons. The molecule has 30 heavy (non-hydrogen) atoms. The zero-order valence-corrected chi connectivity index (χ0v) is 16.3. The molecule has 0 amide bonds. The number of rotatable bonds is 3. The predicted molar refractivity (Wildman–Crippen MR) is 114 cm³/mol. The number of benzene rings is 2. The van der Waals surface area contributed by atoms with Gasteiger partial charge in [-0.3, -0.25) is 0 Å². The summed E-state index contributed by atoms with van der Waals surface area (Å²) in [6.45, 7) is 0. The third-order valence-electron chi connectivity index (χ3n) is 5.57. The molecule has 2 aliphatic rings. The van der Waals surface area contributed by atoms with Crippen molar-refractivity contribution < 1.29 is 4.74 Å². The summed E-state index contributed by atoms with van der Waals surface area (Å²) in [5.74, 6) is 0.321. The van der Waals surface area contributed by atoms with Crippen molar-refractivity contribution in [1.29, 1.82) is 15.8 Å². The summed E-state index contributed by atoms with van der Waals surface area (Å²) < 4.78 is 5.23. The van der Waals surface area contributed by atoms with Crippen LogP contribution in [0.25, 0.3) is 11.1 Å². The topological polar surface area (TPSA) is 80.6 Å². The number of allylic oxidation sites excluding steroid dienone is 8. The molecule has 4 nitrogen and oxygen atoms in total. The molecule has 2 aliphatic carbocycles. The van der Waals surface area contributed by atoms with Gasteiger partial charge in [0.15, 0.2) is 5.41 Å². The second-order valence-corrected chi connectivity index (χ2v) is 7.13. The molecule has 0 aliphatic heterocycles. The van der Waals surface area contributed by atoms with Gasteiger partial charge in [0.05, 0.1) is 30.9 Å². The summed E-state index contributed by atoms with van der Waals surface area (Å²) in [7, 11) is 1.60. The van der Waals surface area contributed by atoms with E-state index in [1.807, 2.05) is 66.8 Å². The van der Waals surface area contributed by atoms with Crippen LogP contribution < -0.4 is 4.74 Å². The molecule has 0 aromatic heterocycles. The van der Waals surface area contributed by atoms with Crippen LogP contribution in [0.3, 0.4) is 0 Å². The van der Waals surface area contributed by atoms with E-state index in [2.05, 4.69) is 18.2 Å². The number of methoxy groups -OCH3 is 1. The molecule has 2 aromatic carbocycles. The van der Waals surface area contributed by atoms with Crippen molar-refractivity contribution in [3.63, 3.8) is 0 Å². The lowest BCUT2D eigenvalue weighted by atomic mass is 9.72. The van der Waals surface area contributed by atoms with Gasteiger partial charge in [-0.25, -0.2) is 0 Å². The van der Waals surface area contributed by atoms with Gasteiger partial charge in [-0.1, -0.05) is 54.6 Å². The normalized spacial score (nSPS) is 18.5. The van der Waals surface area contributed by atoms with Gasteiger partial charge in [-0.2, -0.15) is 15.8 Å². The molecule has 0 spiro atoms. The molecule has 4 rings (SSSR count). The van der Waals surface area contributed by atoms with Crippen molar-refractivity contribution in [2.45, 2.75) is 0 Å². The number of hydrogen-bond donors (Lipinski definition) is 0. The monoisotopic (exact) mass is 387 g/mol. The molecular weight excluding hydrogens is 370 g/mol. The molecule has 1 atom stereocenters. The molecule has 0 fully saturated rings. The highest BCUT2D eigenvalue weighted by molar-refractivity contribution is 5.86. The van der Waals surface area contributed by atoms with Crippen molar-refractivity contribution in [1.82, 2.24) is 0 Å². The van der Waals surface area contributed by atoms with Crippen LogP contribution >= 0.6 is 0 Å². The van der Waals surface area contributed by atoms with Crippen molar-refractivity contribution >= 4 is 11.1 Å². The molecule has 0 N–H and O–H groups in total. The maximum absolute atomic E-state index is 10.2. The van der Waals surface area contributed by atoms with E-state index < -0.39 is 11.3 Å². The van der Waals surface area contributed by atoms with Crippen LogP contribution in [-0.4, -0.2) is 7.11 Å². The largest absolute Gasteiger partial charge is 0.497 e. The molecule has 0 saturated carbocycles. The number of nitriles is 3. The molecule has 1 unspecified atom stereocenters. The third-order valence-corrected chi connectivity index (χ3v) is 5.57. The molecule has 0 heterocycles. The third kappa shape index (κ3) is 3.00. The van der Waals surface area contributed by atoms with Crippen molar-refractivity contribution in [2.75, 3.05) is 7.11 Å². The second kappa shape index (κ2) is 7.59. The Balaban J connectivity index is 1.81. The van der Waals surface area contributed by atoms with Crippen LogP contribution in [-0.2, 0) is 0 Å². The zero-order valence-electron chi connectivity index (χ0n) is 16.3. The standard InChI is InChI=1S/C26H17N3O/c1-30-23-11-9-20(10-12-23)24-14-22-4-2-3-21(13-25(22)26(24,16-28)17-29)19-7-5-18(15-27)6-8-19/h2-14,25H,1H3. The SMILES string of the molecule is COc1ccc(C2=CC3=CC=CC(c4ccc(C#N)cc4)=CC3C2(C#N)C#N)cc1. The first-order valence-electron chi connectivity index (χ1n) is 9.45. The first kappa shape index (κ1) is 19.0. The lowest BCUT2D eigenvalue weighted by Crippen LogP contribution is -2.24. The summed E-state index contributed by atoms with van der Waals surface area (Å²) in [6.07, 6.45) is 9.79. The molecule has 0 radical (unpaired) electrons. The van der Waals surface area contributed by atoms with Crippen LogP contribution in [0, 0.1) is 45.3 Å². The highest BCUT2D eigenvalue weighted by atomic mass is 16.5. The fraction of sp³-hybridized carbons (Fsp3) is 0.115. The Morgan fingerprint density at radius 1 is 0.900 bits per heavy atom. The number of fused-ring (bicyclic) bond motifs is 1. The molecule has 2 aromatic rings. The van der Waals surface area contributed by atoms with E-state index in [0.717, 1.165) is 28.0 Å². The summed E-state index contributed by atoms with van der Waals surface area (Å²) in [4.78, 5) is 0. The summed E-state index contributed by atoms with van der Waals surface area (Å²) in [5.41, 5.74) is 3.54. The van der Waals surface area contributed by atoms with Gasteiger partial charge >= 0.3 is 0 Å². The maximum atomic E-state index is 10.2. The van der Waals surface area contributed by atoms with Crippen LogP contribution in [0.5, 0.6) is 5.75 Å². The fourth-order valence-corrected chi connectivity index (χ4v) is 3.95. The molecular formula is C26H17N3O. The Hall–Kier alpha value is -4.33. The minimum atomic E-state index is -1.33. The van der Waals surface area contributed by atoms with Gasteiger partial charge < -0.3 is 4.74 Å². The van der Waals surface area contributed by atoms with Gasteiger partial charge in [0.1, 0.15) is 5.75 Å². The first-order chi connectivity index (χ1) is 14.6. The first-order valence-corrected chi connectivity index (χ1v) is 9.45. The highest BCUT2D eigenvalue weighted by Crippen LogP contribution is 2.52. The number of ether oxygens (including phenoxy) is 1. The van der Waals surface area contributed by atoms with E-state index in [4.69, 9.17) is 10.00 Å². The minimum Gasteiger partial charge on any atom is -0.497 e. The predicted octanol–water partition coefficient (Wildman–Crippen LogP) is 5.19. The van der Waals surface area contributed by atoms with Gasteiger partial charge in [-0.15, -0.1) is 0 Å². The van der Waals surface area contributed by atoms with E-state index in [1.165, 1.54) is 0 Å².